The molecule has 0 aromatic heterocycles. The Hall–Kier alpha value is -0.690. The van der Waals surface area contributed by atoms with Crippen molar-refractivity contribution in [2.45, 2.75) is 43.5 Å². The fourth-order valence-corrected chi connectivity index (χ4v) is 4.94. The van der Waals surface area contributed by atoms with Gasteiger partial charge in [0.15, 0.2) is 0 Å². The number of nitrogens with two attached hydrogens (primary N) is 1. The van der Waals surface area contributed by atoms with Gasteiger partial charge in [0.25, 0.3) is 0 Å². The predicted molar refractivity (Wildman–Crippen MR) is 89.2 cm³/mol. The zero-order valence-corrected chi connectivity index (χ0v) is 14.3. The summed E-state index contributed by atoms with van der Waals surface area (Å²) in [5.41, 5.74) is 6.11. The van der Waals surface area contributed by atoms with E-state index in [1.807, 2.05) is 6.92 Å². The zero-order chi connectivity index (χ0) is 15.6. The molecule has 0 saturated carbocycles. The topological polar surface area (TPSA) is 63.4 Å². The first-order valence-electron chi connectivity index (χ1n) is 6.95. The lowest BCUT2D eigenvalue weighted by atomic mass is 10.1. The second-order valence-electron chi connectivity index (χ2n) is 5.32. The first-order chi connectivity index (χ1) is 9.84. The molecule has 1 aliphatic heterocycles. The smallest absolute Gasteiger partial charge is 0.244 e. The summed E-state index contributed by atoms with van der Waals surface area (Å²) in [5.74, 6) is 0. The molecule has 21 heavy (non-hydrogen) atoms. The molecule has 1 aliphatic rings. The van der Waals surface area contributed by atoms with Crippen LogP contribution in [0, 0.1) is 0 Å². The lowest BCUT2D eigenvalue weighted by Crippen LogP contribution is -2.38. The Balaban J connectivity index is 2.41. The van der Waals surface area contributed by atoms with Gasteiger partial charge in [-0.2, -0.15) is 4.31 Å². The molecule has 2 rings (SSSR count). The number of rotatable bonds is 3. The van der Waals surface area contributed by atoms with E-state index in [-0.39, 0.29) is 20.9 Å². The normalized spacial score (nSPS) is 21.0. The lowest BCUT2D eigenvalue weighted by Gasteiger charge is -2.26. The highest BCUT2D eigenvalue weighted by Crippen LogP contribution is 2.29. The highest BCUT2D eigenvalue weighted by atomic mass is 35.5. The third-order valence-corrected chi connectivity index (χ3v) is 6.53. The standard InChI is InChI=1S/C14H19ClN2O2S2/c1-10-5-3-2-4-8-17(10)21(18,19)13-7-6-11(14(16)20)9-12(13)15/h6-7,9-10H,2-5,8H2,1H3,(H2,16,20). The molecule has 1 aromatic rings. The van der Waals surface area contributed by atoms with Crippen molar-refractivity contribution >= 4 is 38.8 Å². The molecule has 1 aromatic carbocycles. The minimum atomic E-state index is -3.59. The fourth-order valence-electron chi connectivity index (χ4n) is 2.60. The number of sulfonamides is 1. The van der Waals surface area contributed by atoms with Crippen LogP contribution in [0.1, 0.15) is 38.2 Å². The van der Waals surface area contributed by atoms with Crippen molar-refractivity contribution in [2.24, 2.45) is 5.73 Å². The SMILES string of the molecule is CC1CCCCCN1S(=O)(=O)c1ccc(C(N)=S)cc1Cl. The van der Waals surface area contributed by atoms with Crippen LogP contribution in [0.2, 0.25) is 5.02 Å². The molecule has 4 nitrogen and oxygen atoms in total. The maximum atomic E-state index is 12.8. The molecule has 1 saturated heterocycles. The van der Waals surface area contributed by atoms with Gasteiger partial charge in [0.05, 0.1) is 5.02 Å². The van der Waals surface area contributed by atoms with Gasteiger partial charge in [0, 0.05) is 18.2 Å². The summed E-state index contributed by atoms with van der Waals surface area (Å²) in [7, 11) is -3.59. The van der Waals surface area contributed by atoms with E-state index in [0.29, 0.717) is 12.1 Å². The minimum absolute atomic E-state index is 0.0103. The third kappa shape index (κ3) is 3.56. The fraction of sp³-hybridized carbons (Fsp3) is 0.500. The van der Waals surface area contributed by atoms with Gasteiger partial charge in [-0.15, -0.1) is 0 Å². The van der Waals surface area contributed by atoms with E-state index in [0.717, 1.165) is 25.7 Å². The van der Waals surface area contributed by atoms with Crippen molar-refractivity contribution in [3.63, 3.8) is 0 Å². The number of benzene rings is 1. The van der Waals surface area contributed by atoms with Gasteiger partial charge in [-0.25, -0.2) is 8.42 Å². The molecule has 1 fully saturated rings. The molecule has 116 valence electrons. The molecular formula is C14H19ClN2O2S2. The van der Waals surface area contributed by atoms with E-state index in [4.69, 9.17) is 29.6 Å². The lowest BCUT2D eigenvalue weighted by molar-refractivity contribution is 0.342. The summed E-state index contributed by atoms with van der Waals surface area (Å²) in [5, 5.41) is 0.164. The first-order valence-corrected chi connectivity index (χ1v) is 9.18. The molecule has 1 heterocycles. The Morgan fingerprint density at radius 3 is 2.71 bits per heavy atom. The van der Waals surface area contributed by atoms with Gasteiger partial charge in [-0.05, 0) is 31.9 Å². The Morgan fingerprint density at radius 2 is 2.10 bits per heavy atom. The molecule has 1 atom stereocenters. The van der Waals surface area contributed by atoms with Gasteiger partial charge in [0.2, 0.25) is 10.0 Å². The largest absolute Gasteiger partial charge is 0.389 e. The third-order valence-electron chi connectivity index (χ3n) is 3.80. The number of nitrogens with zero attached hydrogens (tertiary/aromatic N) is 1. The van der Waals surface area contributed by atoms with Crippen LogP contribution in [0.25, 0.3) is 0 Å². The van der Waals surface area contributed by atoms with Crippen molar-refractivity contribution < 1.29 is 8.42 Å². The van der Waals surface area contributed by atoms with E-state index in [2.05, 4.69) is 0 Å². The maximum absolute atomic E-state index is 12.8. The summed E-state index contributed by atoms with van der Waals surface area (Å²) in [4.78, 5) is 0.321. The number of thiocarbonyl (C=S) groups is 1. The monoisotopic (exact) mass is 346 g/mol. The molecule has 0 bridgehead atoms. The van der Waals surface area contributed by atoms with Crippen LogP contribution in [0.3, 0.4) is 0 Å². The predicted octanol–water partition coefficient (Wildman–Crippen LogP) is 2.93. The Kier molecular flexibility index (Phi) is 5.24. The van der Waals surface area contributed by atoms with E-state index < -0.39 is 10.0 Å². The Morgan fingerprint density at radius 1 is 1.38 bits per heavy atom. The maximum Gasteiger partial charge on any atom is 0.244 e. The molecule has 0 spiro atoms. The van der Waals surface area contributed by atoms with Crippen LogP contribution in [0.4, 0.5) is 0 Å². The second kappa shape index (κ2) is 6.60. The molecule has 1 unspecified atom stereocenters. The van der Waals surface area contributed by atoms with Crippen molar-refractivity contribution in [1.29, 1.82) is 0 Å². The number of halogens is 1. The zero-order valence-electron chi connectivity index (χ0n) is 11.9. The average Bonchev–Trinajstić information content (AvgIpc) is 2.63. The Bertz CT molecular complexity index is 646. The summed E-state index contributed by atoms with van der Waals surface area (Å²) >= 11 is 11.0. The van der Waals surface area contributed by atoms with Gasteiger partial charge < -0.3 is 5.73 Å². The van der Waals surface area contributed by atoms with Crippen molar-refractivity contribution in [2.75, 3.05) is 6.54 Å². The van der Waals surface area contributed by atoms with Gasteiger partial charge in [-0.3, -0.25) is 0 Å². The van der Waals surface area contributed by atoms with E-state index in [9.17, 15) is 8.42 Å². The number of hydrogen-bond donors (Lipinski definition) is 1. The van der Waals surface area contributed by atoms with Crippen molar-refractivity contribution in [3.8, 4) is 0 Å². The van der Waals surface area contributed by atoms with Crippen LogP contribution in [-0.4, -0.2) is 30.3 Å². The van der Waals surface area contributed by atoms with Crippen LogP contribution in [0.15, 0.2) is 23.1 Å². The molecule has 7 heteroatoms. The average molecular weight is 347 g/mol. The minimum Gasteiger partial charge on any atom is -0.389 e. The van der Waals surface area contributed by atoms with Gasteiger partial charge in [0.1, 0.15) is 9.88 Å². The summed E-state index contributed by atoms with van der Waals surface area (Å²) < 4.78 is 27.2. The highest BCUT2D eigenvalue weighted by molar-refractivity contribution is 7.89. The summed E-state index contributed by atoms with van der Waals surface area (Å²) in [6.07, 6.45) is 3.87. The van der Waals surface area contributed by atoms with Crippen molar-refractivity contribution in [3.05, 3.63) is 28.8 Å². The molecular weight excluding hydrogens is 328 g/mol. The number of hydrogen-bond acceptors (Lipinski definition) is 3. The quantitative estimate of drug-likeness (QED) is 0.855. The molecule has 2 N–H and O–H groups in total. The van der Waals surface area contributed by atoms with Crippen LogP contribution in [0.5, 0.6) is 0 Å². The summed E-state index contributed by atoms with van der Waals surface area (Å²) in [6.45, 7) is 2.48. The van der Waals surface area contributed by atoms with Gasteiger partial charge >= 0.3 is 0 Å². The van der Waals surface area contributed by atoms with Crippen LogP contribution < -0.4 is 5.73 Å². The van der Waals surface area contributed by atoms with E-state index in [1.165, 1.54) is 12.1 Å². The molecule has 0 amide bonds. The van der Waals surface area contributed by atoms with Crippen LogP contribution >= 0.6 is 23.8 Å². The molecule has 0 radical (unpaired) electrons. The first kappa shape index (κ1) is 16.7. The van der Waals surface area contributed by atoms with Crippen molar-refractivity contribution in [1.82, 2.24) is 4.31 Å². The molecule has 0 aliphatic carbocycles. The van der Waals surface area contributed by atoms with Gasteiger partial charge in [-0.1, -0.05) is 42.7 Å². The Labute approximate surface area is 136 Å². The summed E-state index contributed by atoms with van der Waals surface area (Å²) in [6, 6.07) is 4.59. The van der Waals surface area contributed by atoms with E-state index >= 15 is 0 Å². The van der Waals surface area contributed by atoms with E-state index in [1.54, 1.807) is 10.4 Å². The second-order valence-corrected chi connectivity index (χ2v) is 8.03. The highest BCUT2D eigenvalue weighted by Gasteiger charge is 2.31. The van der Waals surface area contributed by atoms with Crippen LogP contribution in [-0.2, 0) is 10.0 Å².